The van der Waals surface area contributed by atoms with Crippen molar-refractivity contribution in [3.8, 4) is 0 Å². The number of rotatable bonds is 3. The monoisotopic (exact) mass is 270 g/mol. The molecule has 2 saturated heterocycles. The van der Waals surface area contributed by atoms with E-state index in [1.165, 1.54) is 63.8 Å². The van der Waals surface area contributed by atoms with Crippen molar-refractivity contribution in [2.45, 2.75) is 44.7 Å². The molecule has 0 amide bonds. The maximum Gasteiger partial charge on any atom is 0.0233 e. The van der Waals surface area contributed by atoms with E-state index in [9.17, 15) is 0 Å². The van der Waals surface area contributed by atoms with E-state index < -0.39 is 0 Å². The van der Waals surface area contributed by atoms with Crippen molar-refractivity contribution >= 4 is 0 Å². The van der Waals surface area contributed by atoms with Crippen LogP contribution in [0.5, 0.6) is 0 Å². The van der Waals surface area contributed by atoms with E-state index in [0.29, 0.717) is 5.41 Å². The van der Waals surface area contributed by atoms with Gasteiger partial charge in [0.15, 0.2) is 0 Å². The van der Waals surface area contributed by atoms with Crippen LogP contribution in [0.4, 0.5) is 0 Å². The molecule has 0 atom stereocenters. The number of hydrogen-bond acceptors (Lipinski definition) is 2. The minimum atomic E-state index is 0.653. The third kappa shape index (κ3) is 2.64. The van der Waals surface area contributed by atoms with Gasteiger partial charge in [-0.15, -0.1) is 0 Å². The third-order valence-electron chi connectivity index (χ3n) is 5.69. The predicted molar refractivity (Wildman–Crippen MR) is 82.6 cm³/mol. The SMILES string of the molecule is c1ccc(CN2CCC3(CCN(C4CC4)CC3)C2)cc1. The number of likely N-dealkylation sites (tertiary alicyclic amines) is 2. The van der Waals surface area contributed by atoms with Gasteiger partial charge in [0.2, 0.25) is 0 Å². The number of piperidine rings is 1. The summed E-state index contributed by atoms with van der Waals surface area (Å²) in [5, 5.41) is 0. The van der Waals surface area contributed by atoms with Gasteiger partial charge in [0.25, 0.3) is 0 Å². The first-order valence-electron chi connectivity index (χ1n) is 8.33. The van der Waals surface area contributed by atoms with Gasteiger partial charge in [-0.05, 0) is 62.7 Å². The summed E-state index contributed by atoms with van der Waals surface area (Å²) in [5.74, 6) is 0. The Morgan fingerprint density at radius 3 is 2.35 bits per heavy atom. The van der Waals surface area contributed by atoms with E-state index in [-0.39, 0.29) is 0 Å². The Balaban J connectivity index is 1.33. The second kappa shape index (κ2) is 5.16. The highest BCUT2D eigenvalue weighted by atomic mass is 15.2. The molecule has 108 valence electrons. The fraction of sp³-hybridized carbons (Fsp3) is 0.667. The van der Waals surface area contributed by atoms with Crippen molar-refractivity contribution in [2.24, 2.45) is 5.41 Å². The molecule has 2 nitrogen and oxygen atoms in total. The molecule has 0 bridgehead atoms. The first-order valence-corrected chi connectivity index (χ1v) is 8.33. The normalized spacial score (nSPS) is 27.2. The van der Waals surface area contributed by atoms with Gasteiger partial charge in [0.1, 0.15) is 0 Å². The van der Waals surface area contributed by atoms with E-state index in [1.807, 2.05) is 0 Å². The van der Waals surface area contributed by atoms with Crippen molar-refractivity contribution in [3.63, 3.8) is 0 Å². The highest BCUT2D eigenvalue weighted by molar-refractivity contribution is 5.15. The molecule has 1 spiro atoms. The lowest BCUT2D eigenvalue weighted by Gasteiger charge is -2.39. The van der Waals surface area contributed by atoms with Gasteiger partial charge in [-0.2, -0.15) is 0 Å². The number of nitrogens with zero attached hydrogens (tertiary/aromatic N) is 2. The summed E-state index contributed by atoms with van der Waals surface area (Å²) in [6.45, 7) is 6.52. The average molecular weight is 270 g/mol. The van der Waals surface area contributed by atoms with Gasteiger partial charge in [0, 0.05) is 19.1 Å². The van der Waals surface area contributed by atoms with Crippen LogP contribution in [0.15, 0.2) is 30.3 Å². The van der Waals surface area contributed by atoms with Crippen molar-refractivity contribution in [2.75, 3.05) is 26.2 Å². The van der Waals surface area contributed by atoms with E-state index in [1.54, 1.807) is 0 Å². The standard InChI is InChI=1S/C18H26N2/c1-2-4-16(5-3-1)14-19-11-8-18(15-19)9-12-20(13-10-18)17-6-7-17/h1-5,17H,6-15H2. The van der Waals surface area contributed by atoms with E-state index >= 15 is 0 Å². The Hall–Kier alpha value is -0.860. The molecule has 1 saturated carbocycles. The van der Waals surface area contributed by atoms with Gasteiger partial charge >= 0.3 is 0 Å². The fourth-order valence-corrected chi connectivity index (χ4v) is 4.22. The topological polar surface area (TPSA) is 6.48 Å². The van der Waals surface area contributed by atoms with Gasteiger partial charge in [-0.1, -0.05) is 30.3 Å². The Morgan fingerprint density at radius 1 is 0.950 bits per heavy atom. The first-order chi connectivity index (χ1) is 9.83. The molecule has 1 aromatic rings. The quantitative estimate of drug-likeness (QED) is 0.832. The highest BCUT2D eigenvalue weighted by Gasteiger charge is 2.42. The summed E-state index contributed by atoms with van der Waals surface area (Å²) in [7, 11) is 0. The molecule has 1 aromatic carbocycles. The molecule has 20 heavy (non-hydrogen) atoms. The lowest BCUT2D eigenvalue weighted by molar-refractivity contribution is 0.101. The average Bonchev–Trinajstić information content (AvgIpc) is 3.26. The Morgan fingerprint density at radius 2 is 1.65 bits per heavy atom. The molecule has 2 aliphatic heterocycles. The molecule has 1 aliphatic carbocycles. The van der Waals surface area contributed by atoms with Gasteiger partial charge in [-0.3, -0.25) is 4.90 Å². The predicted octanol–water partition coefficient (Wildman–Crippen LogP) is 3.14. The smallest absolute Gasteiger partial charge is 0.0233 e. The first kappa shape index (κ1) is 12.8. The van der Waals surface area contributed by atoms with Crippen molar-refractivity contribution in [1.29, 1.82) is 0 Å². The minimum absolute atomic E-state index is 0.653. The molecule has 0 unspecified atom stereocenters. The fourth-order valence-electron chi connectivity index (χ4n) is 4.22. The van der Waals surface area contributed by atoms with Crippen molar-refractivity contribution in [3.05, 3.63) is 35.9 Å². The summed E-state index contributed by atoms with van der Waals surface area (Å²) >= 11 is 0. The lowest BCUT2D eigenvalue weighted by Crippen LogP contribution is -2.42. The maximum absolute atomic E-state index is 2.76. The molecular weight excluding hydrogens is 244 g/mol. The zero-order valence-corrected chi connectivity index (χ0v) is 12.4. The summed E-state index contributed by atoms with van der Waals surface area (Å²) in [6.07, 6.45) is 7.24. The minimum Gasteiger partial charge on any atom is -0.300 e. The van der Waals surface area contributed by atoms with E-state index in [2.05, 4.69) is 40.1 Å². The number of benzene rings is 1. The van der Waals surface area contributed by atoms with Crippen LogP contribution in [0.2, 0.25) is 0 Å². The number of hydrogen-bond donors (Lipinski definition) is 0. The zero-order valence-electron chi connectivity index (χ0n) is 12.4. The van der Waals surface area contributed by atoms with E-state index in [4.69, 9.17) is 0 Å². The van der Waals surface area contributed by atoms with E-state index in [0.717, 1.165) is 12.6 Å². The second-order valence-corrected chi connectivity index (χ2v) is 7.21. The molecule has 0 N–H and O–H groups in total. The summed E-state index contributed by atoms with van der Waals surface area (Å²) in [5.41, 5.74) is 2.13. The lowest BCUT2D eigenvalue weighted by atomic mass is 9.77. The van der Waals surface area contributed by atoms with Gasteiger partial charge in [0.05, 0.1) is 0 Å². The molecular formula is C18H26N2. The summed E-state index contributed by atoms with van der Waals surface area (Å²) in [6, 6.07) is 11.9. The molecule has 2 heterocycles. The molecule has 2 heteroatoms. The summed E-state index contributed by atoms with van der Waals surface area (Å²) in [4.78, 5) is 5.44. The van der Waals surface area contributed by atoms with Crippen molar-refractivity contribution < 1.29 is 0 Å². The van der Waals surface area contributed by atoms with Gasteiger partial charge < -0.3 is 4.90 Å². The molecule has 0 radical (unpaired) electrons. The van der Waals surface area contributed by atoms with Crippen molar-refractivity contribution in [1.82, 2.24) is 9.80 Å². The second-order valence-electron chi connectivity index (χ2n) is 7.21. The molecule has 4 rings (SSSR count). The van der Waals surface area contributed by atoms with Crippen LogP contribution in [-0.2, 0) is 6.54 Å². The zero-order chi connectivity index (χ0) is 13.4. The molecule has 3 fully saturated rings. The van der Waals surface area contributed by atoms with Gasteiger partial charge in [-0.25, -0.2) is 0 Å². The largest absolute Gasteiger partial charge is 0.300 e. The third-order valence-corrected chi connectivity index (χ3v) is 5.69. The van der Waals surface area contributed by atoms with Crippen LogP contribution >= 0.6 is 0 Å². The Kier molecular flexibility index (Phi) is 3.31. The van der Waals surface area contributed by atoms with Crippen LogP contribution in [0.1, 0.15) is 37.7 Å². The van der Waals surface area contributed by atoms with Crippen LogP contribution in [-0.4, -0.2) is 42.0 Å². The maximum atomic E-state index is 2.76. The molecule has 0 aromatic heterocycles. The van der Waals surface area contributed by atoms with Crippen LogP contribution < -0.4 is 0 Å². The van der Waals surface area contributed by atoms with Crippen LogP contribution in [0, 0.1) is 5.41 Å². The Bertz CT molecular complexity index is 444. The van der Waals surface area contributed by atoms with Crippen LogP contribution in [0.3, 0.4) is 0 Å². The summed E-state index contributed by atoms with van der Waals surface area (Å²) < 4.78 is 0. The Labute approximate surface area is 122 Å². The molecule has 3 aliphatic rings. The van der Waals surface area contributed by atoms with Crippen LogP contribution in [0.25, 0.3) is 0 Å². The highest BCUT2D eigenvalue weighted by Crippen LogP contribution is 2.43.